The van der Waals surface area contributed by atoms with Gasteiger partial charge in [-0.05, 0) is 13.3 Å². The number of rotatable bonds is 3. The normalized spacial score (nSPS) is 13.0. The summed E-state index contributed by atoms with van der Waals surface area (Å²) in [6, 6.07) is -0.207. The summed E-state index contributed by atoms with van der Waals surface area (Å²) in [6.45, 7) is 5.56. The molecule has 2 aromatic heterocycles. The summed E-state index contributed by atoms with van der Waals surface area (Å²) in [5.74, 6) is 1.91. The SMILES string of the molecule is CCC(N)c1noc(-c2oc(C)nc2C)n1. The zero-order valence-electron chi connectivity index (χ0n) is 9.52. The van der Waals surface area contributed by atoms with Crippen molar-refractivity contribution >= 4 is 0 Å². The number of nitrogens with two attached hydrogens (primary N) is 1. The zero-order chi connectivity index (χ0) is 11.7. The van der Waals surface area contributed by atoms with E-state index in [2.05, 4.69) is 15.1 Å². The number of aromatic nitrogens is 3. The molecule has 0 aliphatic heterocycles. The van der Waals surface area contributed by atoms with Crippen LogP contribution in [0.5, 0.6) is 0 Å². The van der Waals surface area contributed by atoms with Crippen molar-refractivity contribution in [3.8, 4) is 11.7 Å². The number of aryl methyl sites for hydroxylation is 2. The summed E-state index contributed by atoms with van der Waals surface area (Å²) in [4.78, 5) is 8.32. The lowest BCUT2D eigenvalue weighted by atomic mass is 10.2. The highest BCUT2D eigenvalue weighted by atomic mass is 16.5. The Morgan fingerprint density at radius 3 is 2.62 bits per heavy atom. The molecule has 86 valence electrons. The molecule has 6 nitrogen and oxygen atoms in total. The van der Waals surface area contributed by atoms with Crippen molar-refractivity contribution in [3.63, 3.8) is 0 Å². The van der Waals surface area contributed by atoms with Crippen LogP contribution in [0.3, 0.4) is 0 Å². The first-order chi connectivity index (χ1) is 7.61. The van der Waals surface area contributed by atoms with Crippen LogP contribution < -0.4 is 5.73 Å². The minimum atomic E-state index is -0.207. The van der Waals surface area contributed by atoms with Gasteiger partial charge in [0.15, 0.2) is 11.7 Å². The second kappa shape index (κ2) is 4.05. The molecule has 2 aromatic rings. The Bertz CT molecular complexity index is 489. The molecule has 0 saturated heterocycles. The lowest BCUT2D eigenvalue weighted by Gasteiger charge is -1.99. The van der Waals surface area contributed by atoms with Crippen molar-refractivity contribution in [2.45, 2.75) is 33.2 Å². The lowest BCUT2D eigenvalue weighted by molar-refractivity contribution is 0.400. The summed E-state index contributed by atoms with van der Waals surface area (Å²) in [7, 11) is 0. The minimum absolute atomic E-state index is 0.207. The quantitative estimate of drug-likeness (QED) is 0.850. The van der Waals surface area contributed by atoms with Crippen LogP contribution in [-0.2, 0) is 0 Å². The second-order valence-electron chi connectivity index (χ2n) is 3.62. The van der Waals surface area contributed by atoms with E-state index in [1.54, 1.807) is 6.92 Å². The molecule has 1 unspecified atom stereocenters. The fourth-order valence-electron chi connectivity index (χ4n) is 1.39. The molecule has 0 aliphatic rings. The molecule has 0 amide bonds. The summed E-state index contributed by atoms with van der Waals surface area (Å²) in [5.41, 5.74) is 6.53. The highest BCUT2D eigenvalue weighted by molar-refractivity contribution is 5.47. The topological polar surface area (TPSA) is 91.0 Å². The molecule has 0 aliphatic carbocycles. The van der Waals surface area contributed by atoms with Crippen molar-refractivity contribution in [1.29, 1.82) is 0 Å². The Morgan fingerprint density at radius 2 is 2.06 bits per heavy atom. The van der Waals surface area contributed by atoms with Gasteiger partial charge in [-0.1, -0.05) is 12.1 Å². The maximum Gasteiger partial charge on any atom is 0.295 e. The first-order valence-electron chi connectivity index (χ1n) is 5.15. The smallest absolute Gasteiger partial charge is 0.295 e. The van der Waals surface area contributed by atoms with Crippen molar-refractivity contribution in [2.24, 2.45) is 5.73 Å². The van der Waals surface area contributed by atoms with Crippen molar-refractivity contribution in [1.82, 2.24) is 15.1 Å². The number of hydrogen-bond acceptors (Lipinski definition) is 6. The van der Waals surface area contributed by atoms with Crippen molar-refractivity contribution < 1.29 is 8.94 Å². The van der Waals surface area contributed by atoms with Crippen LogP contribution in [0.4, 0.5) is 0 Å². The third kappa shape index (κ3) is 1.83. The van der Waals surface area contributed by atoms with Crippen LogP contribution in [0.2, 0.25) is 0 Å². The molecule has 2 rings (SSSR count). The van der Waals surface area contributed by atoms with Crippen LogP contribution in [0.1, 0.15) is 36.8 Å². The summed E-state index contributed by atoms with van der Waals surface area (Å²) < 4.78 is 10.5. The molecule has 2 N–H and O–H groups in total. The molecule has 1 atom stereocenters. The van der Waals surface area contributed by atoms with E-state index in [1.165, 1.54) is 0 Å². The molecule has 16 heavy (non-hydrogen) atoms. The Labute approximate surface area is 92.9 Å². The fraction of sp³-hybridized carbons (Fsp3) is 0.500. The first kappa shape index (κ1) is 10.8. The van der Waals surface area contributed by atoms with Crippen LogP contribution in [0.15, 0.2) is 8.94 Å². The van der Waals surface area contributed by atoms with E-state index in [-0.39, 0.29) is 6.04 Å². The van der Waals surface area contributed by atoms with Crippen LogP contribution in [0.25, 0.3) is 11.7 Å². The van der Waals surface area contributed by atoms with Gasteiger partial charge in [-0.3, -0.25) is 0 Å². The van der Waals surface area contributed by atoms with Gasteiger partial charge < -0.3 is 14.7 Å². The predicted molar refractivity (Wildman–Crippen MR) is 56.5 cm³/mol. The molecule has 0 fully saturated rings. The van der Waals surface area contributed by atoms with Gasteiger partial charge >= 0.3 is 0 Å². The number of oxazole rings is 1. The van der Waals surface area contributed by atoms with Crippen molar-refractivity contribution in [3.05, 3.63) is 17.4 Å². The first-order valence-corrected chi connectivity index (χ1v) is 5.15. The van der Waals surface area contributed by atoms with E-state index in [0.717, 1.165) is 12.1 Å². The average Bonchev–Trinajstić information content (AvgIpc) is 2.83. The highest BCUT2D eigenvalue weighted by Crippen LogP contribution is 2.23. The molecular weight excluding hydrogens is 208 g/mol. The molecule has 0 bridgehead atoms. The molecular formula is C10H14N4O2. The molecule has 0 aromatic carbocycles. The third-order valence-electron chi connectivity index (χ3n) is 2.31. The summed E-state index contributed by atoms with van der Waals surface area (Å²) in [5, 5.41) is 3.81. The number of nitrogens with zero attached hydrogens (tertiary/aromatic N) is 3. The van der Waals surface area contributed by atoms with Gasteiger partial charge in [0.1, 0.15) is 0 Å². The largest absolute Gasteiger partial charge is 0.436 e. The Morgan fingerprint density at radius 1 is 1.31 bits per heavy atom. The lowest BCUT2D eigenvalue weighted by Crippen LogP contribution is -2.10. The molecule has 0 radical (unpaired) electrons. The molecule has 6 heteroatoms. The Hall–Kier alpha value is -1.69. The van der Waals surface area contributed by atoms with E-state index in [1.807, 2.05) is 13.8 Å². The number of hydrogen-bond donors (Lipinski definition) is 1. The standard InChI is InChI=1S/C10H14N4O2/c1-4-7(11)9-13-10(16-14-9)8-5(2)12-6(3)15-8/h7H,4,11H2,1-3H3. The minimum Gasteiger partial charge on any atom is -0.436 e. The zero-order valence-corrected chi connectivity index (χ0v) is 9.52. The van der Waals surface area contributed by atoms with Gasteiger partial charge in [0.25, 0.3) is 5.89 Å². The summed E-state index contributed by atoms with van der Waals surface area (Å²) in [6.07, 6.45) is 0.757. The average molecular weight is 222 g/mol. The van der Waals surface area contributed by atoms with Crippen molar-refractivity contribution in [2.75, 3.05) is 0 Å². The summed E-state index contributed by atoms with van der Waals surface area (Å²) >= 11 is 0. The van der Waals surface area contributed by atoms with E-state index < -0.39 is 0 Å². The molecule has 0 spiro atoms. The van der Waals surface area contributed by atoms with E-state index in [4.69, 9.17) is 14.7 Å². The van der Waals surface area contributed by atoms with Crippen LogP contribution in [0, 0.1) is 13.8 Å². The van der Waals surface area contributed by atoms with Gasteiger partial charge in [0, 0.05) is 6.92 Å². The van der Waals surface area contributed by atoms with Crippen LogP contribution >= 0.6 is 0 Å². The molecule has 0 saturated carbocycles. The predicted octanol–water partition coefficient (Wildman–Crippen LogP) is 1.75. The van der Waals surface area contributed by atoms with E-state index >= 15 is 0 Å². The Kier molecular flexibility index (Phi) is 2.74. The fourth-order valence-corrected chi connectivity index (χ4v) is 1.39. The van der Waals surface area contributed by atoms with Gasteiger partial charge in [-0.2, -0.15) is 4.98 Å². The molecule has 2 heterocycles. The third-order valence-corrected chi connectivity index (χ3v) is 2.31. The van der Waals surface area contributed by atoms with Gasteiger partial charge in [0.05, 0.1) is 11.7 Å². The maximum absolute atomic E-state index is 5.80. The monoisotopic (exact) mass is 222 g/mol. The highest BCUT2D eigenvalue weighted by Gasteiger charge is 2.19. The van der Waals surface area contributed by atoms with Gasteiger partial charge in [-0.15, -0.1) is 0 Å². The van der Waals surface area contributed by atoms with E-state index in [9.17, 15) is 0 Å². The van der Waals surface area contributed by atoms with Crippen LogP contribution in [-0.4, -0.2) is 15.1 Å². The second-order valence-corrected chi connectivity index (χ2v) is 3.62. The van der Waals surface area contributed by atoms with E-state index in [0.29, 0.717) is 23.4 Å². The maximum atomic E-state index is 5.80. The Balaban J connectivity index is 2.35. The van der Waals surface area contributed by atoms with Gasteiger partial charge in [-0.25, -0.2) is 4.98 Å². The van der Waals surface area contributed by atoms with Gasteiger partial charge in [0.2, 0.25) is 5.76 Å².